The lowest BCUT2D eigenvalue weighted by molar-refractivity contribution is -0.123. The van der Waals surface area contributed by atoms with Crippen molar-refractivity contribution in [2.24, 2.45) is 0 Å². The predicted molar refractivity (Wildman–Crippen MR) is 97.3 cm³/mol. The lowest BCUT2D eigenvalue weighted by Crippen LogP contribution is -2.43. The number of benzene rings is 1. The van der Waals surface area contributed by atoms with Crippen LogP contribution in [0.5, 0.6) is 0 Å². The molecule has 0 aliphatic carbocycles. The number of amides is 3. The zero-order valence-electron chi connectivity index (χ0n) is 14.9. The van der Waals surface area contributed by atoms with E-state index in [1.54, 1.807) is 13.8 Å². The van der Waals surface area contributed by atoms with Crippen molar-refractivity contribution in [3.05, 3.63) is 42.4 Å². The van der Waals surface area contributed by atoms with Crippen LogP contribution >= 0.6 is 11.8 Å². The summed E-state index contributed by atoms with van der Waals surface area (Å²) in [5.41, 5.74) is 0.689. The SMILES string of the molecule is CC1(C)C(=O)N(c2ccc(SC(F)(F)F)cc2)C(=O)N1Cc1cc(N)ncn1. The number of aromatic nitrogens is 2. The van der Waals surface area contributed by atoms with E-state index in [1.165, 1.54) is 41.6 Å². The number of carbonyl (C=O) groups is 2. The largest absolute Gasteiger partial charge is 0.446 e. The smallest absolute Gasteiger partial charge is 0.384 e. The Morgan fingerprint density at radius 3 is 2.36 bits per heavy atom. The van der Waals surface area contributed by atoms with Crippen molar-refractivity contribution < 1.29 is 22.8 Å². The molecular weight excluding hydrogens is 395 g/mol. The Kier molecular flexibility index (Phi) is 4.96. The summed E-state index contributed by atoms with van der Waals surface area (Å²) in [4.78, 5) is 35.8. The second-order valence-electron chi connectivity index (χ2n) is 6.54. The van der Waals surface area contributed by atoms with E-state index in [2.05, 4.69) is 9.97 Å². The summed E-state index contributed by atoms with van der Waals surface area (Å²) in [5.74, 6) is -0.258. The minimum Gasteiger partial charge on any atom is -0.384 e. The van der Waals surface area contributed by atoms with Crippen LogP contribution in [0.25, 0.3) is 0 Å². The first kappa shape index (κ1) is 19.9. The number of rotatable bonds is 4. The van der Waals surface area contributed by atoms with E-state index >= 15 is 0 Å². The molecule has 2 N–H and O–H groups in total. The van der Waals surface area contributed by atoms with Crippen LogP contribution in [0.4, 0.5) is 29.5 Å². The Balaban J connectivity index is 1.86. The number of carbonyl (C=O) groups excluding carboxylic acids is 2. The number of alkyl halides is 3. The molecule has 0 unspecified atom stereocenters. The summed E-state index contributed by atoms with van der Waals surface area (Å²) < 4.78 is 37.4. The van der Waals surface area contributed by atoms with Crippen molar-refractivity contribution in [1.29, 1.82) is 0 Å². The molecular formula is C17H16F3N5O2S. The van der Waals surface area contributed by atoms with Gasteiger partial charge >= 0.3 is 11.5 Å². The Labute approximate surface area is 162 Å². The highest BCUT2D eigenvalue weighted by atomic mass is 32.2. The number of nitrogens with zero attached hydrogens (tertiary/aromatic N) is 4. The molecule has 0 radical (unpaired) electrons. The van der Waals surface area contributed by atoms with E-state index in [-0.39, 0.29) is 34.7 Å². The van der Waals surface area contributed by atoms with E-state index in [9.17, 15) is 22.8 Å². The van der Waals surface area contributed by atoms with Gasteiger partial charge in [0.1, 0.15) is 17.7 Å². The van der Waals surface area contributed by atoms with Crippen molar-refractivity contribution in [1.82, 2.24) is 14.9 Å². The molecule has 7 nitrogen and oxygen atoms in total. The Morgan fingerprint density at radius 1 is 1.14 bits per heavy atom. The maximum atomic E-state index is 12.9. The normalized spacial score (nSPS) is 16.8. The molecule has 28 heavy (non-hydrogen) atoms. The van der Waals surface area contributed by atoms with Gasteiger partial charge in [0, 0.05) is 11.0 Å². The third kappa shape index (κ3) is 3.88. The summed E-state index contributed by atoms with van der Waals surface area (Å²) in [5, 5.41) is 0. The molecule has 0 saturated carbocycles. The quantitative estimate of drug-likeness (QED) is 0.612. The zero-order chi connectivity index (χ0) is 20.7. The van der Waals surface area contributed by atoms with E-state index in [1.807, 2.05) is 0 Å². The molecule has 1 saturated heterocycles. The van der Waals surface area contributed by atoms with Crippen molar-refractivity contribution in [2.75, 3.05) is 10.6 Å². The lowest BCUT2D eigenvalue weighted by atomic mass is 10.0. The molecule has 0 atom stereocenters. The summed E-state index contributed by atoms with van der Waals surface area (Å²) >= 11 is -0.268. The van der Waals surface area contributed by atoms with Crippen LogP contribution in [0.1, 0.15) is 19.5 Å². The zero-order valence-corrected chi connectivity index (χ0v) is 15.7. The maximum absolute atomic E-state index is 12.9. The number of hydrogen-bond acceptors (Lipinski definition) is 6. The first-order valence-electron chi connectivity index (χ1n) is 8.07. The van der Waals surface area contributed by atoms with Gasteiger partial charge in [-0.15, -0.1) is 0 Å². The fourth-order valence-corrected chi connectivity index (χ4v) is 3.33. The molecule has 148 valence electrons. The van der Waals surface area contributed by atoms with Crippen LogP contribution in [0.3, 0.4) is 0 Å². The topological polar surface area (TPSA) is 92.4 Å². The molecule has 3 amide bonds. The second-order valence-corrected chi connectivity index (χ2v) is 7.68. The molecule has 1 aromatic carbocycles. The summed E-state index contributed by atoms with van der Waals surface area (Å²) in [6.07, 6.45) is 1.26. The molecule has 2 aromatic rings. The minimum absolute atomic E-state index is 0.0306. The standard InChI is InChI=1S/C17H16F3N5O2S/c1-16(2)14(26)25(11-3-5-12(6-4-11)28-17(18,19)20)15(27)24(16)8-10-7-13(21)23-9-22-10/h3-7,9H,8H2,1-2H3,(H2,21,22,23). The first-order chi connectivity index (χ1) is 13.0. The van der Waals surface area contributed by atoms with Crippen LogP contribution in [0, 0.1) is 0 Å². The van der Waals surface area contributed by atoms with Crippen LogP contribution < -0.4 is 10.6 Å². The van der Waals surface area contributed by atoms with Gasteiger partial charge in [-0.2, -0.15) is 13.2 Å². The maximum Gasteiger partial charge on any atom is 0.446 e. The highest BCUT2D eigenvalue weighted by Gasteiger charge is 2.51. The molecule has 3 rings (SSSR count). The molecule has 1 fully saturated rings. The third-order valence-corrected chi connectivity index (χ3v) is 4.96. The number of anilines is 2. The summed E-state index contributed by atoms with van der Waals surface area (Å²) in [6.45, 7) is 3.21. The Morgan fingerprint density at radius 2 is 1.79 bits per heavy atom. The number of urea groups is 1. The van der Waals surface area contributed by atoms with E-state index in [0.717, 1.165) is 4.90 Å². The van der Waals surface area contributed by atoms with Crippen molar-refractivity contribution in [3.8, 4) is 0 Å². The fourth-order valence-electron chi connectivity index (χ4n) is 2.79. The minimum atomic E-state index is -4.42. The van der Waals surface area contributed by atoms with Gasteiger partial charge in [-0.3, -0.25) is 4.79 Å². The van der Waals surface area contributed by atoms with Gasteiger partial charge in [-0.05, 0) is 49.9 Å². The van der Waals surface area contributed by atoms with Crippen molar-refractivity contribution in [2.45, 2.75) is 36.3 Å². The summed E-state index contributed by atoms with van der Waals surface area (Å²) in [6, 6.07) is 5.96. The predicted octanol–water partition coefficient (Wildman–Crippen LogP) is 3.42. The molecule has 1 aromatic heterocycles. The molecule has 1 aliphatic heterocycles. The van der Waals surface area contributed by atoms with Gasteiger partial charge in [-0.25, -0.2) is 19.7 Å². The highest BCUT2D eigenvalue weighted by Crippen LogP contribution is 2.38. The first-order valence-corrected chi connectivity index (χ1v) is 8.89. The molecule has 1 aliphatic rings. The van der Waals surface area contributed by atoms with E-state index in [4.69, 9.17) is 5.73 Å². The van der Waals surface area contributed by atoms with Gasteiger partial charge < -0.3 is 10.6 Å². The van der Waals surface area contributed by atoms with Crippen molar-refractivity contribution in [3.63, 3.8) is 0 Å². The number of hydrogen-bond donors (Lipinski definition) is 1. The number of imide groups is 1. The Hall–Kier alpha value is -2.82. The molecule has 0 spiro atoms. The van der Waals surface area contributed by atoms with Gasteiger partial charge in [0.15, 0.2) is 0 Å². The second kappa shape index (κ2) is 6.97. The number of thioether (sulfide) groups is 1. The van der Waals surface area contributed by atoms with Crippen LogP contribution in [0.15, 0.2) is 41.6 Å². The highest BCUT2D eigenvalue weighted by molar-refractivity contribution is 8.00. The number of nitrogen functional groups attached to an aromatic ring is 1. The average molecular weight is 411 g/mol. The van der Waals surface area contributed by atoms with Crippen LogP contribution in [-0.2, 0) is 11.3 Å². The lowest BCUT2D eigenvalue weighted by Gasteiger charge is -2.27. The van der Waals surface area contributed by atoms with Crippen LogP contribution in [0.2, 0.25) is 0 Å². The van der Waals surface area contributed by atoms with Gasteiger partial charge in [0.25, 0.3) is 5.91 Å². The molecule has 11 heteroatoms. The number of nitrogens with two attached hydrogens (primary N) is 1. The average Bonchev–Trinajstić information content (AvgIpc) is 2.75. The Bertz CT molecular complexity index is 918. The number of halogens is 3. The van der Waals surface area contributed by atoms with Gasteiger partial charge in [0.05, 0.1) is 17.9 Å². The van der Waals surface area contributed by atoms with E-state index < -0.39 is 23.0 Å². The molecule has 2 heterocycles. The monoisotopic (exact) mass is 411 g/mol. The fraction of sp³-hybridized carbons (Fsp3) is 0.294. The van der Waals surface area contributed by atoms with Crippen LogP contribution in [-0.4, -0.2) is 37.9 Å². The third-order valence-electron chi connectivity index (χ3n) is 4.22. The van der Waals surface area contributed by atoms with E-state index in [0.29, 0.717) is 5.69 Å². The van der Waals surface area contributed by atoms with Crippen molar-refractivity contribution >= 4 is 35.2 Å². The molecule has 0 bridgehead atoms. The summed E-state index contributed by atoms with van der Waals surface area (Å²) in [7, 11) is 0. The van der Waals surface area contributed by atoms with Gasteiger partial charge in [-0.1, -0.05) is 0 Å². The van der Waals surface area contributed by atoms with Gasteiger partial charge in [0.2, 0.25) is 0 Å².